The summed E-state index contributed by atoms with van der Waals surface area (Å²) in [5.41, 5.74) is 0.696. The van der Waals surface area contributed by atoms with Gasteiger partial charge in [-0.2, -0.15) is 0 Å². The van der Waals surface area contributed by atoms with E-state index in [-0.39, 0.29) is 12.4 Å². The van der Waals surface area contributed by atoms with Crippen molar-refractivity contribution in [1.29, 1.82) is 0 Å². The van der Waals surface area contributed by atoms with Crippen LogP contribution in [-0.4, -0.2) is 39.4 Å². The summed E-state index contributed by atoms with van der Waals surface area (Å²) in [7, 11) is 0. The Bertz CT molecular complexity index is 554. The molecule has 21 heavy (non-hydrogen) atoms. The molecule has 0 bridgehead atoms. The zero-order chi connectivity index (χ0) is 15.2. The molecule has 114 valence electrons. The van der Waals surface area contributed by atoms with Gasteiger partial charge in [0.2, 0.25) is 11.8 Å². The van der Waals surface area contributed by atoms with Crippen LogP contribution in [0.2, 0.25) is 0 Å². The second-order valence-electron chi connectivity index (χ2n) is 5.15. The van der Waals surface area contributed by atoms with Crippen LogP contribution in [0.15, 0.2) is 28.7 Å². The summed E-state index contributed by atoms with van der Waals surface area (Å²) in [5.74, 6) is 0.602. The molecule has 0 atom stereocenters. The van der Waals surface area contributed by atoms with Crippen molar-refractivity contribution in [1.82, 2.24) is 15.1 Å². The van der Waals surface area contributed by atoms with Crippen LogP contribution in [0.5, 0.6) is 0 Å². The topological polar surface area (TPSA) is 62.4 Å². The minimum absolute atomic E-state index is 0.161. The number of rotatable bonds is 7. The lowest BCUT2D eigenvalue weighted by Gasteiger charge is -2.24. The Balaban J connectivity index is 2.06. The predicted molar refractivity (Wildman–Crippen MR) is 76.9 cm³/mol. The maximum Gasteiger partial charge on any atom is 0.247 e. The Kier molecular flexibility index (Phi) is 5.41. The van der Waals surface area contributed by atoms with Crippen molar-refractivity contribution in [3.63, 3.8) is 0 Å². The van der Waals surface area contributed by atoms with Crippen molar-refractivity contribution in [2.24, 2.45) is 0 Å². The molecule has 0 spiro atoms. The van der Waals surface area contributed by atoms with E-state index >= 15 is 0 Å². The first-order valence-electron chi connectivity index (χ1n) is 7.03. The zero-order valence-corrected chi connectivity index (χ0v) is 12.3. The summed E-state index contributed by atoms with van der Waals surface area (Å²) in [6.07, 6.45) is 0.705. The van der Waals surface area contributed by atoms with Crippen molar-refractivity contribution >= 4 is 0 Å². The van der Waals surface area contributed by atoms with E-state index in [4.69, 9.17) is 9.52 Å². The Morgan fingerprint density at radius 1 is 1.24 bits per heavy atom. The van der Waals surface area contributed by atoms with Gasteiger partial charge in [-0.05, 0) is 44.5 Å². The number of hydrogen-bond acceptors (Lipinski definition) is 5. The van der Waals surface area contributed by atoms with Crippen LogP contribution in [0, 0.1) is 5.82 Å². The fourth-order valence-electron chi connectivity index (χ4n) is 1.99. The molecule has 1 N–H and O–H groups in total. The molecule has 0 amide bonds. The van der Waals surface area contributed by atoms with Crippen molar-refractivity contribution < 1.29 is 13.9 Å². The van der Waals surface area contributed by atoms with E-state index in [9.17, 15) is 4.39 Å². The van der Waals surface area contributed by atoms with Gasteiger partial charge in [-0.25, -0.2) is 4.39 Å². The number of halogens is 1. The Labute approximate surface area is 123 Å². The normalized spacial score (nSPS) is 11.5. The highest BCUT2D eigenvalue weighted by atomic mass is 19.1. The number of aromatic nitrogens is 2. The van der Waals surface area contributed by atoms with Crippen molar-refractivity contribution in [2.45, 2.75) is 32.9 Å². The minimum Gasteiger partial charge on any atom is -0.419 e. The Hall–Kier alpha value is -1.79. The summed E-state index contributed by atoms with van der Waals surface area (Å²) in [6.45, 7) is 5.62. The maximum atomic E-state index is 12.9. The molecular formula is C15H20FN3O2. The molecule has 5 nitrogen and oxygen atoms in total. The largest absolute Gasteiger partial charge is 0.419 e. The zero-order valence-electron chi connectivity index (χ0n) is 12.3. The van der Waals surface area contributed by atoms with Gasteiger partial charge in [0.05, 0.1) is 6.54 Å². The van der Waals surface area contributed by atoms with Crippen LogP contribution in [0.25, 0.3) is 11.5 Å². The second-order valence-corrected chi connectivity index (χ2v) is 5.15. The van der Waals surface area contributed by atoms with Crippen LogP contribution in [0.4, 0.5) is 4.39 Å². The predicted octanol–water partition coefficient (Wildman–Crippen LogP) is 2.47. The van der Waals surface area contributed by atoms with Crippen LogP contribution in [0.3, 0.4) is 0 Å². The first-order valence-corrected chi connectivity index (χ1v) is 7.03. The number of aliphatic hydroxyl groups excluding tert-OH is 1. The van der Waals surface area contributed by atoms with Gasteiger partial charge in [0.25, 0.3) is 0 Å². The summed E-state index contributed by atoms with van der Waals surface area (Å²) >= 11 is 0. The fourth-order valence-corrected chi connectivity index (χ4v) is 1.99. The van der Waals surface area contributed by atoms with Crippen LogP contribution in [0.1, 0.15) is 26.2 Å². The molecule has 0 saturated heterocycles. The smallest absolute Gasteiger partial charge is 0.247 e. The third-order valence-corrected chi connectivity index (χ3v) is 3.23. The average Bonchev–Trinajstić information content (AvgIpc) is 2.92. The standard InChI is InChI=1S/C15H20FN3O2/c1-11(2)19(8-3-9-20)10-14-17-18-15(21-14)12-4-6-13(16)7-5-12/h4-7,11,20H,3,8-10H2,1-2H3. The molecule has 6 heteroatoms. The van der Waals surface area contributed by atoms with E-state index in [1.807, 2.05) is 0 Å². The molecule has 0 saturated carbocycles. The molecular weight excluding hydrogens is 273 g/mol. The van der Waals surface area contributed by atoms with E-state index in [2.05, 4.69) is 28.9 Å². The van der Waals surface area contributed by atoms with E-state index in [1.165, 1.54) is 12.1 Å². The van der Waals surface area contributed by atoms with E-state index in [0.29, 0.717) is 36.4 Å². The number of nitrogens with zero attached hydrogens (tertiary/aromatic N) is 3. The quantitative estimate of drug-likeness (QED) is 0.849. The lowest BCUT2D eigenvalue weighted by atomic mass is 10.2. The molecule has 1 aromatic heterocycles. The second kappa shape index (κ2) is 7.28. The third kappa shape index (κ3) is 4.34. The SMILES string of the molecule is CC(C)N(CCCO)Cc1nnc(-c2ccc(F)cc2)o1. The van der Waals surface area contributed by atoms with Gasteiger partial charge in [0.15, 0.2) is 0 Å². The first-order chi connectivity index (χ1) is 10.1. The summed E-state index contributed by atoms with van der Waals surface area (Å²) in [5, 5.41) is 17.0. The van der Waals surface area contributed by atoms with Gasteiger partial charge < -0.3 is 9.52 Å². The van der Waals surface area contributed by atoms with Gasteiger partial charge in [-0.15, -0.1) is 10.2 Å². The summed E-state index contributed by atoms with van der Waals surface area (Å²) in [4.78, 5) is 2.15. The van der Waals surface area contributed by atoms with Gasteiger partial charge in [0.1, 0.15) is 5.82 Å². The molecule has 2 aromatic rings. The van der Waals surface area contributed by atoms with Gasteiger partial charge in [0, 0.05) is 24.8 Å². The summed E-state index contributed by atoms with van der Waals surface area (Å²) in [6, 6.07) is 6.26. The van der Waals surface area contributed by atoms with E-state index < -0.39 is 0 Å². The lowest BCUT2D eigenvalue weighted by molar-refractivity contribution is 0.171. The summed E-state index contributed by atoms with van der Waals surface area (Å²) < 4.78 is 18.5. The van der Waals surface area contributed by atoms with Crippen LogP contribution < -0.4 is 0 Å². The molecule has 0 aliphatic heterocycles. The monoisotopic (exact) mass is 293 g/mol. The molecule has 0 aliphatic carbocycles. The molecule has 1 aromatic carbocycles. The maximum absolute atomic E-state index is 12.9. The van der Waals surface area contributed by atoms with Crippen molar-refractivity contribution in [2.75, 3.05) is 13.2 Å². The molecule has 2 rings (SSSR count). The number of hydrogen-bond donors (Lipinski definition) is 1. The third-order valence-electron chi connectivity index (χ3n) is 3.23. The average molecular weight is 293 g/mol. The number of aliphatic hydroxyl groups is 1. The molecule has 0 aliphatic rings. The van der Waals surface area contributed by atoms with Crippen LogP contribution >= 0.6 is 0 Å². The molecule has 0 fully saturated rings. The van der Waals surface area contributed by atoms with Gasteiger partial charge in [-0.1, -0.05) is 0 Å². The van der Waals surface area contributed by atoms with Crippen molar-refractivity contribution in [3.8, 4) is 11.5 Å². The highest BCUT2D eigenvalue weighted by Crippen LogP contribution is 2.19. The Morgan fingerprint density at radius 3 is 2.57 bits per heavy atom. The van der Waals surface area contributed by atoms with Gasteiger partial charge >= 0.3 is 0 Å². The van der Waals surface area contributed by atoms with Crippen molar-refractivity contribution in [3.05, 3.63) is 36.0 Å². The highest BCUT2D eigenvalue weighted by molar-refractivity contribution is 5.51. The number of benzene rings is 1. The van der Waals surface area contributed by atoms with E-state index in [0.717, 1.165) is 6.54 Å². The Morgan fingerprint density at radius 2 is 1.95 bits per heavy atom. The van der Waals surface area contributed by atoms with Gasteiger partial charge in [-0.3, -0.25) is 4.90 Å². The fraction of sp³-hybridized carbons (Fsp3) is 0.467. The van der Waals surface area contributed by atoms with Crippen LogP contribution in [-0.2, 0) is 6.54 Å². The first kappa shape index (κ1) is 15.6. The molecule has 0 radical (unpaired) electrons. The van der Waals surface area contributed by atoms with E-state index in [1.54, 1.807) is 12.1 Å². The minimum atomic E-state index is -0.298. The highest BCUT2D eigenvalue weighted by Gasteiger charge is 2.15. The molecule has 0 unspecified atom stereocenters. The molecule has 1 heterocycles. The lowest BCUT2D eigenvalue weighted by Crippen LogP contribution is -2.31.